The maximum absolute atomic E-state index is 12.8. The first kappa shape index (κ1) is 14.5. The predicted octanol–water partition coefficient (Wildman–Crippen LogP) is 2.82. The second-order valence-electron chi connectivity index (χ2n) is 4.13. The smallest absolute Gasteiger partial charge is 0.213 e. The molecular weight excluding hydrogens is 273 g/mol. The van der Waals surface area contributed by atoms with E-state index in [-0.39, 0.29) is 17.4 Å². The van der Waals surface area contributed by atoms with Crippen LogP contribution in [0, 0.1) is 5.82 Å². The summed E-state index contributed by atoms with van der Waals surface area (Å²) in [5.41, 5.74) is 6.70. The topological polar surface area (TPSA) is 80.7 Å². The van der Waals surface area contributed by atoms with Crippen LogP contribution in [0.3, 0.4) is 0 Å². The lowest BCUT2D eigenvalue weighted by molar-refractivity contribution is 0.398. The van der Waals surface area contributed by atoms with Crippen molar-refractivity contribution in [2.24, 2.45) is 10.7 Å². The van der Waals surface area contributed by atoms with Crippen LogP contribution in [0.4, 0.5) is 10.1 Å². The monoisotopic (exact) mass is 287 g/mol. The van der Waals surface area contributed by atoms with Gasteiger partial charge in [-0.2, -0.15) is 0 Å². The first-order valence-corrected chi connectivity index (χ1v) is 6.09. The molecule has 0 fully saturated rings. The fraction of sp³-hybridized carbons (Fsp3) is 0.0667. The number of aliphatic imine (C=N–C) groups is 1. The summed E-state index contributed by atoms with van der Waals surface area (Å²) in [7, 11) is 1.52. The van der Waals surface area contributed by atoms with Crippen LogP contribution in [-0.2, 0) is 0 Å². The number of benzene rings is 1. The van der Waals surface area contributed by atoms with Crippen LogP contribution in [0.5, 0.6) is 5.88 Å². The Balaban J connectivity index is 2.17. The zero-order valence-electron chi connectivity index (χ0n) is 11.3. The number of amidine groups is 1. The fourth-order valence-electron chi connectivity index (χ4n) is 1.58. The number of pyridine rings is 1. The Morgan fingerprint density at radius 3 is 2.57 bits per heavy atom. The maximum atomic E-state index is 12.8. The van der Waals surface area contributed by atoms with Gasteiger partial charge in [0.2, 0.25) is 5.88 Å². The van der Waals surface area contributed by atoms with Crippen LogP contribution < -0.4 is 10.5 Å². The Morgan fingerprint density at radius 1 is 1.29 bits per heavy atom. The lowest BCUT2D eigenvalue weighted by atomic mass is 10.2. The molecule has 0 aliphatic heterocycles. The molecule has 3 N–H and O–H groups in total. The van der Waals surface area contributed by atoms with E-state index in [2.05, 4.69) is 9.98 Å². The first-order valence-electron chi connectivity index (χ1n) is 6.09. The van der Waals surface area contributed by atoms with Crippen molar-refractivity contribution in [2.45, 2.75) is 0 Å². The van der Waals surface area contributed by atoms with Gasteiger partial charge in [0.25, 0.3) is 0 Å². The van der Waals surface area contributed by atoms with E-state index < -0.39 is 0 Å². The molecule has 0 spiro atoms. The van der Waals surface area contributed by atoms with E-state index in [1.165, 1.54) is 43.6 Å². The third-order valence-electron chi connectivity index (χ3n) is 2.61. The van der Waals surface area contributed by atoms with Crippen LogP contribution >= 0.6 is 0 Å². The minimum atomic E-state index is -0.377. The molecule has 0 bridgehead atoms. The highest BCUT2D eigenvalue weighted by Gasteiger charge is 2.01. The normalized spacial score (nSPS) is 12.3. The minimum absolute atomic E-state index is 0.0993. The van der Waals surface area contributed by atoms with Gasteiger partial charge in [0.15, 0.2) is 0 Å². The van der Waals surface area contributed by atoms with Gasteiger partial charge in [0.1, 0.15) is 17.4 Å². The number of halogens is 1. The molecule has 0 amide bonds. The van der Waals surface area contributed by atoms with Gasteiger partial charge in [-0.15, -0.1) is 0 Å². The van der Waals surface area contributed by atoms with E-state index in [1.807, 2.05) is 0 Å². The summed E-state index contributed by atoms with van der Waals surface area (Å²) in [5, 5.41) is 9.88. The molecule has 0 saturated heterocycles. The molecule has 6 heteroatoms. The molecule has 2 aromatic rings. The van der Waals surface area contributed by atoms with Crippen molar-refractivity contribution in [3.8, 4) is 5.88 Å². The molecule has 0 aliphatic rings. The van der Waals surface area contributed by atoms with Crippen molar-refractivity contribution in [1.29, 1.82) is 0 Å². The van der Waals surface area contributed by atoms with Crippen molar-refractivity contribution < 1.29 is 14.2 Å². The Kier molecular flexibility index (Phi) is 4.50. The highest BCUT2D eigenvalue weighted by molar-refractivity contribution is 5.98. The third-order valence-corrected chi connectivity index (χ3v) is 2.61. The number of aliphatic hydroxyl groups excluding tert-OH is 1. The van der Waals surface area contributed by atoms with E-state index in [9.17, 15) is 9.50 Å². The zero-order valence-corrected chi connectivity index (χ0v) is 11.3. The number of nitrogens with two attached hydrogens (primary N) is 1. The molecule has 1 aromatic heterocycles. The number of methoxy groups -OCH3 is 1. The Bertz CT molecular complexity index is 664. The quantitative estimate of drug-likeness (QED) is 0.515. The van der Waals surface area contributed by atoms with E-state index in [0.29, 0.717) is 17.1 Å². The second-order valence-corrected chi connectivity index (χ2v) is 4.13. The van der Waals surface area contributed by atoms with Gasteiger partial charge in [-0.25, -0.2) is 14.4 Å². The van der Waals surface area contributed by atoms with Crippen molar-refractivity contribution in [1.82, 2.24) is 4.98 Å². The average molecular weight is 287 g/mol. The number of aromatic nitrogens is 1. The summed E-state index contributed by atoms with van der Waals surface area (Å²) in [6.07, 6.45) is 2.78. The minimum Gasteiger partial charge on any atom is -0.507 e. The van der Waals surface area contributed by atoms with Crippen molar-refractivity contribution >= 4 is 17.3 Å². The summed E-state index contributed by atoms with van der Waals surface area (Å²) < 4.78 is 17.7. The number of nitrogens with zero attached hydrogens (tertiary/aromatic N) is 2. The Labute approximate surface area is 121 Å². The number of hydrogen-bond acceptors (Lipinski definition) is 4. The molecule has 5 nitrogen and oxygen atoms in total. The van der Waals surface area contributed by atoms with E-state index in [0.717, 1.165) is 0 Å². The SMILES string of the molecule is COc1ccc(N=C(N)/C=C(\O)c2ccc(F)cc2)cn1. The summed E-state index contributed by atoms with van der Waals surface area (Å²) in [5.74, 6) is 0.0937. The standard InChI is InChI=1S/C15H14FN3O2/c1-21-15-7-6-12(9-18-15)19-14(17)8-13(20)10-2-4-11(16)5-3-10/h2-9,20H,1H3,(H2,17,19)/b13-8-. The Hall–Kier alpha value is -2.89. The van der Waals surface area contributed by atoms with Crippen LogP contribution in [-0.4, -0.2) is 23.0 Å². The van der Waals surface area contributed by atoms with Gasteiger partial charge in [-0.1, -0.05) is 0 Å². The second kappa shape index (κ2) is 6.51. The van der Waals surface area contributed by atoms with E-state index in [1.54, 1.807) is 12.1 Å². The lowest BCUT2D eigenvalue weighted by Crippen LogP contribution is -2.08. The molecule has 1 aromatic carbocycles. The van der Waals surface area contributed by atoms with Crippen LogP contribution in [0.15, 0.2) is 53.7 Å². The van der Waals surface area contributed by atoms with Gasteiger partial charge in [0, 0.05) is 17.7 Å². The van der Waals surface area contributed by atoms with Gasteiger partial charge < -0.3 is 15.6 Å². The zero-order chi connectivity index (χ0) is 15.2. The third kappa shape index (κ3) is 4.04. The first-order chi connectivity index (χ1) is 10.1. The Morgan fingerprint density at radius 2 is 2.00 bits per heavy atom. The summed E-state index contributed by atoms with van der Waals surface area (Å²) in [6.45, 7) is 0. The molecule has 0 atom stereocenters. The summed E-state index contributed by atoms with van der Waals surface area (Å²) >= 11 is 0. The van der Waals surface area contributed by atoms with Crippen LogP contribution in [0.25, 0.3) is 5.76 Å². The number of ether oxygens (including phenoxy) is 1. The van der Waals surface area contributed by atoms with Crippen LogP contribution in [0.2, 0.25) is 0 Å². The molecule has 108 valence electrons. The molecule has 0 aliphatic carbocycles. The van der Waals surface area contributed by atoms with Crippen LogP contribution in [0.1, 0.15) is 5.56 Å². The molecule has 0 radical (unpaired) electrons. The largest absolute Gasteiger partial charge is 0.507 e. The summed E-state index contributed by atoms with van der Waals surface area (Å²) in [4.78, 5) is 8.07. The van der Waals surface area contributed by atoms with Gasteiger partial charge in [-0.3, -0.25) is 0 Å². The van der Waals surface area contributed by atoms with Gasteiger partial charge in [0.05, 0.1) is 19.0 Å². The van der Waals surface area contributed by atoms with Crippen molar-refractivity contribution in [2.75, 3.05) is 7.11 Å². The maximum Gasteiger partial charge on any atom is 0.213 e. The van der Waals surface area contributed by atoms with Crippen molar-refractivity contribution in [3.63, 3.8) is 0 Å². The average Bonchev–Trinajstić information content (AvgIpc) is 2.48. The highest BCUT2D eigenvalue weighted by atomic mass is 19.1. The lowest BCUT2D eigenvalue weighted by Gasteiger charge is -2.01. The fourth-order valence-corrected chi connectivity index (χ4v) is 1.58. The summed E-state index contributed by atoms with van der Waals surface area (Å²) in [6, 6.07) is 8.73. The van der Waals surface area contributed by atoms with E-state index >= 15 is 0 Å². The molecule has 0 unspecified atom stereocenters. The molecule has 2 rings (SSSR count). The van der Waals surface area contributed by atoms with Gasteiger partial charge in [-0.05, 0) is 30.3 Å². The predicted molar refractivity (Wildman–Crippen MR) is 79.1 cm³/mol. The molecule has 0 saturated carbocycles. The van der Waals surface area contributed by atoms with Gasteiger partial charge >= 0.3 is 0 Å². The number of aliphatic hydroxyl groups is 1. The number of rotatable bonds is 4. The molecular formula is C15H14FN3O2. The number of hydrogen-bond donors (Lipinski definition) is 2. The van der Waals surface area contributed by atoms with Crippen molar-refractivity contribution in [3.05, 3.63) is 60.1 Å². The molecule has 1 heterocycles. The molecule has 21 heavy (non-hydrogen) atoms. The highest BCUT2D eigenvalue weighted by Crippen LogP contribution is 2.15. The van der Waals surface area contributed by atoms with E-state index in [4.69, 9.17) is 10.5 Å².